The summed E-state index contributed by atoms with van der Waals surface area (Å²) in [7, 11) is 1.58. The van der Waals surface area contributed by atoms with Gasteiger partial charge in [0.05, 0.1) is 12.8 Å². The Hall–Kier alpha value is -3.18. The third-order valence-corrected chi connectivity index (χ3v) is 4.88. The van der Waals surface area contributed by atoms with Gasteiger partial charge >= 0.3 is 0 Å². The van der Waals surface area contributed by atoms with Crippen molar-refractivity contribution in [2.24, 2.45) is 0 Å². The number of fused-ring (bicyclic) bond motifs is 1. The van der Waals surface area contributed by atoms with Crippen molar-refractivity contribution in [2.75, 3.05) is 12.4 Å². The van der Waals surface area contributed by atoms with Gasteiger partial charge in [-0.05, 0) is 29.0 Å². The highest BCUT2D eigenvalue weighted by molar-refractivity contribution is 7.14. The van der Waals surface area contributed by atoms with E-state index < -0.39 is 0 Å². The van der Waals surface area contributed by atoms with E-state index in [0.717, 1.165) is 16.6 Å². The molecule has 4 rings (SSSR count). The Labute approximate surface area is 155 Å². The molecule has 0 bridgehead atoms. The highest BCUT2D eigenvalue weighted by Crippen LogP contribution is 2.31. The van der Waals surface area contributed by atoms with Gasteiger partial charge in [-0.2, -0.15) is 0 Å². The lowest BCUT2D eigenvalue weighted by Gasteiger charge is -2.05. The SMILES string of the molecule is COc1cccc(C(=O)Nc2nc(-c3cccc4ccccc34)cs2)c1. The molecule has 26 heavy (non-hydrogen) atoms. The number of ether oxygens (including phenoxy) is 1. The fraction of sp³-hybridized carbons (Fsp3) is 0.0476. The van der Waals surface area contributed by atoms with Gasteiger partial charge in [0.25, 0.3) is 5.91 Å². The molecule has 128 valence electrons. The third kappa shape index (κ3) is 3.17. The van der Waals surface area contributed by atoms with Crippen LogP contribution in [-0.2, 0) is 0 Å². The van der Waals surface area contributed by atoms with Crippen molar-refractivity contribution in [3.63, 3.8) is 0 Å². The summed E-state index contributed by atoms with van der Waals surface area (Å²) >= 11 is 1.41. The van der Waals surface area contributed by atoms with Crippen LogP contribution in [0, 0.1) is 0 Å². The Morgan fingerprint density at radius 3 is 2.73 bits per heavy atom. The van der Waals surface area contributed by atoms with Gasteiger partial charge in [0, 0.05) is 16.5 Å². The highest BCUT2D eigenvalue weighted by Gasteiger charge is 2.12. The molecule has 0 radical (unpaired) electrons. The summed E-state index contributed by atoms with van der Waals surface area (Å²) in [5, 5.41) is 7.70. The van der Waals surface area contributed by atoms with Crippen molar-refractivity contribution in [2.45, 2.75) is 0 Å². The second-order valence-corrected chi connectivity index (χ2v) is 6.61. The predicted octanol–water partition coefficient (Wildman–Crippen LogP) is 5.22. The van der Waals surface area contributed by atoms with Crippen molar-refractivity contribution in [1.82, 2.24) is 4.98 Å². The molecule has 0 aliphatic rings. The van der Waals surface area contributed by atoms with Crippen LogP contribution in [0.1, 0.15) is 10.4 Å². The molecule has 1 heterocycles. The largest absolute Gasteiger partial charge is 0.497 e. The van der Waals surface area contributed by atoms with Crippen LogP contribution in [0.25, 0.3) is 22.0 Å². The van der Waals surface area contributed by atoms with E-state index >= 15 is 0 Å². The topological polar surface area (TPSA) is 51.2 Å². The lowest BCUT2D eigenvalue weighted by molar-refractivity contribution is 0.102. The minimum absolute atomic E-state index is 0.206. The molecule has 1 amide bonds. The second kappa shape index (κ2) is 6.98. The number of benzene rings is 3. The number of aromatic nitrogens is 1. The number of carbonyl (C=O) groups excluding carboxylic acids is 1. The van der Waals surface area contributed by atoms with E-state index in [4.69, 9.17) is 4.74 Å². The molecule has 0 saturated carbocycles. The van der Waals surface area contributed by atoms with Crippen LogP contribution in [0.15, 0.2) is 72.1 Å². The molecule has 0 aliphatic carbocycles. The monoisotopic (exact) mass is 360 g/mol. The van der Waals surface area contributed by atoms with Gasteiger partial charge in [0.1, 0.15) is 5.75 Å². The second-order valence-electron chi connectivity index (χ2n) is 5.75. The molecule has 0 saturated heterocycles. The Balaban J connectivity index is 1.61. The van der Waals surface area contributed by atoms with Gasteiger partial charge in [0.15, 0.2) is 5.13 Å². The molecule has 4 aromatic rings. The normalized spacial score (nSPS) is 10.7. The molecule has 0 atom stereocenters. The number of hydrogen-bond donors (Lipinski definition) is 1. The molecule has 1 N–H and O–H groups in total. The van der Waals surface area contributed by atoms with Gasteiger partial charge < -0.3 is 4.74 Å². The van der Waals surface area contributed by atoms with Crippen molar-refractivity contribution < 1.29 is 9.53 Å². The average Bonchev–Trinajstić information content (AvgIpc) is 3.15. The average molecular weight is 360 g/mol. The Kier molecular flexibility index (Phi) is 4.37. The summed E-state index contributed by atoms with van der Waals surface area (Å²) in [5.41, 5.74) is 2.44. The molecule has 3 aromatic carbocycles. The van der Waals surface area contributed by atoms with E-state index in [9.17, 15) is 4.79 Å². The molecular formula is C21H16N2O2S. The van der Waals surface area contributed by atoms with E-state index in [1.54, 1.807) is 31.4 Å². The Morgan fingerprint density at radius 1 is 1.04 bits per heavy atom. The summed E-state index contributed by atoms with van der Waals surface area (Å²) in [5.74, 6) is 0.441. The number of anilines is 1. The van der Waals surface area contributed by atoms with Crippen LogP contribution in [0.5, 0.6) is 5.75 Å². The summed E-state index contributed by atoms with van der Waals surface area (Å²) < 4.78 is 5.17. The van der Waals surface area contributed by atoms with E-state index in [0.29, 0.717) is 16.4 Å². The first-order chi connectivity index (χ1) is 12.7. The Morgan fingerprint density at radius 2 is 1.85 bits per heavy atom. The molecular weight excluding hydrogens is 344 g/mol. The van der Waals surface area contributed by atoms with Gasteiger partial charge in [-0.15, -0.1) is 11.3 Å². The number of carbonyl (C=O) groups is 1. The maximum absolute atomic E-state index is 12.4. The molecule has 4 nitrogen and oxygen atoms in total. The van der Waals surface area contributed by atoms with Crippen LogP contribution < -0.4 is 10.1 Å². The summed E-state index contributed by atoms with van der Waals surface area (Å²) in [6.45, 7) is 0. The van der Waals surface area contributed by atoms with Gasteiger partial charge in [-0.1, -0.05) is 48.5 Å². The fourth-order valence-electron chi connectivity index (χ4n) is 2.84. The van der Waals surface area contributed by atoms with Crippen molar-refractivity contribution in [1.29, 1.82) is 0 Å². The molecule has 5 heteroatoms. The zero-order valence-electron chi connectivity index (χ0n) is 14.1. The third-order valence-electron chi connectivity index (χ3n) is 4.12. The summed E-state index contributed by atoms with van der Waals surface area (Å²) in [6, 6.07) is 21.4. The van der Waals surface area contributed by atoms with Gasteiger partial charge in [-0.3, -0.25) is 10.1 Å². The van der Waals surface area contributed by atoms with E-state index in [1.807, 2.05) is 29.6 Å². The van der Waals surface area contributed by atoms with Gasteiger partial charge in [-0.25, -0.2) is 4.98 Å². The molecule has 0 fully saturated rings. The number of thiazole rings is 1. The van der Waals surface area contributed by atoms with Crippen molar-refractivity contribution >= 4 is 33.1 Å². The number of nitrogens with zero attached hydrogens (tertiary/aromatic N) is 1. The zero-order valence-corrected chi connectivity index (χ0v) is 14.9. The van der Waals surface area contributed by atoms with Crippen molar-refractivity contribution in [3.05, 3.63) is 77.7 Å². The van der Waals surface area contributed by atoms with E-state index in [-0.39, 0.29) is 5.91 Å². The maximum atomic E-state index is 12.4. The number of methoxy groups -OCH3 is 1. The van der Waals surface area contributed by atoms with Gasteiger partial charge in [0.2, 0.25) is 0 Å². The first kappa shape index (κ1) is 16.3. The number of hydrogen-bond acceptors (Lipinski definition) is 4. The number of rotatable bonds is 4. The predicted molar refractivity (Wildman–Crippen MR) is 106 cm³/mol. The molecule has 0 unspecified atom stereocenters. The molecule has 1 aromatic heterocycles. The maximum Gasteiger partial charge on any atom is 0.257 e. The smallest absolute Gasteiger partial charge is 0.257 e. The lowest BCUT2D eigenvalue weighted by atomic mass is 10.0. The number of nitrogens with one attached hydrogen (secondary N) is 1. The lowest BCUT2D eigenvalue weighted by Crippen LogP contribution is -2.11. The minimum atomic E-state index is -0.206. The summed E-state index contributed by atoms with van der Waals surface area (Å²) in [4.78, 5) is 17.0. The van der Waals surface area contributed by atoms with Crippen LogP contribution in [0.2, 0.25) is 0 Å². The minimum Gasteiger partial charge on any atom is -0.497 e. The highest BCUT2D eigenvalue weighted by atomic mass is 32.1. The zero-order chi connectivity index (χ0) is 17.9. The van der Waals surface area contributed by atoms with Crippen LogP contribution in [0.4, 0.5) is 5.13 Å². The summed E-state index contributed by atoms with van der Waals surface area (Å²) in [6.07, 6.45) is 0. The Bertz CT molecular complexity index is 1080. The van der Waals surface area contributed by atoms with Crippen LogP contribution in [-0.4, -0.2) is 18.0 Å². The van der Waals surface area contributed by atoms with E-state index in [1.165, 1.54) is 16.7 Å². The molecule has 0 spiro atoms. The first-order valence-electron chi connectivity index (χ1n) is 8.13. The quantitative estimate of drug-likeness (QED) is 0.542. The van der Waals surface area contributed by atoms with Crippen LogP contribution in [0.3, 0.4) is 0 Å². The van der Waals surface area contributed by atoms with E-state index in [2.05, 4.69) is 28.5 Å². The molecule has 0 aliphatic heterocycles. The first-order valence-corrected chi connectivity index (χ1v) is 9.01. The van der Waals surface area contributed by atoms with Crippen LogP contribution >= 0.6 is 11.3 Å². The number of amides is 1. The van der Waals surface area contributed by atoms with Crippen molar-refractivity contribution in [3.8, 4) is 17.0 Å². The fourth-order valence-corrected chi connectivity index (χ4v) is 3.54. The standard InChI is InChI=1S/C21H16N2O2S/c1-25-16-9-4-8-15(12-16)20(24)23-21-22-19(13-26-21)18-11-5-7-14-6-2-3-10-17(14)18/h2-13H,1H3,(H,22,23,24).